The predicted octanol–water partition coefficient (Wildman–Crippen LogP) is 1.49. The zero-order chi connectivity index (χ0) is 11.8. The molecule has 1 aliphatic rings. The first-order chi connectivity index (χ1) is 7.72. The van der Waals surface area contributed by atoms with Crippen molar-refractivity contribution in [1.29, 1.82) is 0 Å². The molecule has 0 saturated carbocycles. The fraction of sp³-hybridized carbons (Fsp3) is 0.455. The third-order valence-electron chi connectivity index (χ3n) is 2.02. The van der Waals surface area contributed by atoms with Gasteiger partial charge >= 0.3 is 6.03 Å². The second-order valence-electron chi connectivity index (χ2n) is 3.41. The number of unbranched alkanes of at least 4 members (excludes halogenated alkanes) is 2. The summed E-state index contributed by atoms with van der Waals surface area (Å²) in [4.78, 5) is 28.9. The van der Waals surface area contributed by atoms with Gasteiger partial charge in [-0.25, -0.2) is 4.79 Å². The molecule has 0 saturated heterocycles. The summed E-state index contributed by atoms with van der Waals surface area (Å²) in [6.45, 7) is 2.78. The standard InChI is InChI=1S/C11H15N3O2/c1-2-3-4-7-12-10(15)6-5-9-8-13-11(16)14-9/h5-6,8H,2-4,7H2,1H3,(H,12,15). The number of urea groups is 1. The molecule has 3 amide bonds. The number of carbonyl (C=O) groups excluding carboxylic acids is 2. The Balaban J connectivity index is 2.24. The van der Waals surface area contributed by atoms with Crippen molar-refractivity contribution in [2.75, 3.05) is 6.54 Å². The van der Waals surface area contributed by atoms with E-state index in [4.69, 9.17) is 0 Å². The Bertz CT molecular complexity index is 356. The van der Waals surface area contributed by atoms with Gasteiger partial charge in [0.2, 0.25) is 5.91 Å². The van der Waals surface area contributed by atoms with Crippen LogP contribution in [0.1, 0.15) is 26.2 Å². The van der Waals surface area contributed by atoms with E-state index in [0.29, 0.717) is 12.3 Å². The first-order valence-electron chi connectivity index (χ1n) is 5.35. The van der Waals surface area contributed by atoms with E-state index in [2.05, 4.69) is 22.2 Å². The van der Waals surface area contributed by atoms with E-state index in [1.807, 2.05) is 0 Å². The molecule has 16 heavy (non-hydrogen) atoms. The molecule has 0 aromatic rings. The lowest BCUT2D eigenvalue weighted by atomic mass is 10.2. The average molecular weight is 221 g/mol. The number of amides is 3. The summed E-state index contributed by atoms with van der Waals surface area (Å²) in [5, 5.41) is 2.74. The quantitative estimate of drug-likeness (QED) is 0.545. The van der Waals surface area contributed by atoms with Crippen molar-refractivity contribution < 1.29 is 9.59 Å². The van der Waals surface area contributed by atoms with Gasteiger partial charge in [-0.1, -0.05) is 19.8 Å². The Morgan fingerprint density at radius 3 is 2.94 bits per heavy atom. The molecule has 0 radical (unpaired) electrons. The lowest BCUT2D eigenvalue weighted by molar-refractivity contribution is -0.116. The molecule has 0 aromatic carbocycles. The Morgan fingerprint density at radius 1 is 1.50 bits per heavy atom. The van der Waals surface area contributed by atoms with E-state index < -0.39 is 6.03 Å². The highest BCUT2D eigenvalue weighted by Crippen LogP contribution is 1.94. The number of rotatable bonds is 6. The number of carbonyl (C=O) groups is 2. The average Bonchev–Trinajstić information content (AvgIpc) is 2.68. The number of nitrogens with zero attached hydrogens (tertiary/aromatic N) is 2. The molecule has 1 N–H and O–H groups in total. The Labute approximate surface area is 94.4 Å². The van der Waals surface area contributed by atoms with Crippen LogP contribution in [0.25, 0.3) is 0 Å². The molecular weight excluding hydrogens is 206 g/mol. The minimum Gasteiger partial charge on any atom is -0.353 e. The van der Waals surface area contributed by atoms with Crippen LogP contribution in [-0.2, 0) is 4.79 Å². The maximum Gasteiger partial charge on any atom is 0.367 e. The molecule has 0 aliphatic carbocycles. The summed E-state index contributed by atoms with van der Waals surface area (Å²) >= 11 is 0. The number of hydrogen-bond acceptors (Lipinski definition) is 2. The van der Waals surface area contributed by atoms with Crippen LogP contribution in [0.4, 0.5) is 4.79 Å². The molecule has 0 bridgehead atoms. The number of allylic oxidation sites excluding steroid dienone is 1. The maximum atomic E-state index is 11.3. The summed E-state index contributed by atoms with van der Waals surface area (Å²) in [6, 6.07) is -0.525. The van der Waals surface area contributed by atoms with Crippen LogP contribution >= 0.6 is 0 Å². The van der Waals surface area contributed by atoms with Gasteiger partial charge < -0.3 is 5.32 Å². The lowest BCUT2D eigenvalue weighted by Crippen LogP contribution is -2.22. The van der Waals surface area contributed by atoms with E-state index in [1.165, 1.54) is 18.4 Å². The molecule has 1 aliphatic heterocycles. The summed E-state index contributed by atoms with van der Waals surface area (Å²) in [5.74, 6) is -0.174. The molecule has 1 rings (SSSR count). The highest BCUT2D eigenvalue weighted by atomic mass is 16.2. The Hall–Kier alpha value is -1.78. The molecular formula is C11H15N3O2. The van der Waals surface area contributed by atoms with Gasteiger partial charge in [0.05, 0.1) is 11.9 Å². The molecule has 5 nitrogen and oxygen atoms in total. The van der Waals surface area contributed by atoms with Gasteiger partial charge in [-0.05, 0) is 12.5 Å². The highest BCUT2D eigenvalue weighted by molar-refractivity contribution is 6.42. The van der Waals surface area contributed by atoms with Gasteiger partial charge in [0.15, 0.2) is 0 Å². The third-order valence-corrected chi connectivity index (χ3v) is 2.02. The normalized spacial score (nSPS) is 14.6. The van der Waals surface area contributed by atoms with Crippen LogP contribution in [0.3, 0.4) is 0 Å². The van der Waals surface area contributed by atoms with E-state index in [-0.39, 0.29) is 5.91 Å². The van der Waals surface area contributed by atoms with E-state index in [9.17, 15) is 9.59 Å². The maximum absolute atomic E-state index is 11.3. The topological polar surface area (TPSA) is 70.9 Å². The summed E-state index contributed by atoms with van der Waals surface area (Å²) in [6.07, 6.45) is 7.39. The lowest BCUT2D eigenvalue weighted by Gasteiger charge is -1.99. The second-order valence-corrected chi connectivity index (χ2v) is 3.41. The smallest absolute Gasteiger partial charge is 0.353 e. The second kappa shape index (κ2) is 6.66. The fourth-order valence-electron chi connectivity index (χ4n) is 1.18. The zero-order valence-corrected chi connectivity index (χ0v) is 9.27. The van der Waals surface area contributed by atoms with Crippen LogP contribution in [0.2, 0.25) is 0 Å². The Morgan fingerprint density at radius 2 is 2.31 bits per heavy atom. The van der Waals surface area contributed by atoms with Crippen molar-refractivity contribution in [3.8, 4) is 0 Å². The molecule has 5 heteroatoms. The van der Waals surface area contributed by atoms with Crippen molar-refractivity contribution in [3.63, 3.8) is 0 Å². The molecule has 0 unspecified atom stereocenters. The van der Waals surface area contributed by atoms with Gasteiger partial charge in [-0.15, -0.1) is 0 Å². The summed E-state index contributed by atoms with van der Waals surface area (Å²) in [5.41, 5.74) is 0.411. The first-order valence-corrected chi connectivity index (χ1v) is 5.35. The van der Waals surface area contributed by atoms with E-state index in [1.54, 1.807) is 0 Å². The van der Waals surface area contributed by atoms with E-state index in [0.717, 1.165) is 19.3 Å². The summed E-state index contributed by atoms with van der Waals surface area (Å²) in [7, 11) is 0. The molecule has 86 valence electrons. The Kier molecular flexibility index (Phi) is 5.11. The van der Waals surface area contributed by atoms with Crippen LogP contribution in [0.5, 0.6) is 0 Å². The van der Waals surface area contributed by atoms with Crippen LogP contribution in [0, 0.1) is 0 Å². The SMILES string of the molecule is CCCCCNC(=O)C=CC1=NC(=O)N=C1. The monoisotopic (exact) mass is 221 g/mol. The van der Waals surface area contributed by atoms with Gasteiger partial charge in [0.1, 0.15) is 0 Å². The highest BCUT2D eigenvalue weighted by Gasteiger charge is 2.04. The van der Waals surface area contributed by atoms with Crippen LogP contribution in [-0.4, -0.2) is 30.4 Å². The van der Waals surface area contributed by atoms with Crippen molar-refractivity contribution in [3.05, 3.63) is 12.2 Å². The number of nitrogens with one attached hydrogen (secondary N) is 1. The largest absolute Gasteiger partial charge is 0.367 e. The van der Waals surface area contributed by atoms with Crippen LogP contribution in [0.15, 0.2) is 22.1 Å². The van der Waals surface area contributed by atoms with Crippen molar-refractivity contribution in [2.45, 2.75) is 26.2 Å². The molecule has 0 spiro atoms. The van der Waals surface area contributed by atoms with Gasteiger partial charge in [-0.2, -0.15) is 9.98 Å². The fourth-order valence-corrected chi connectivity index (χ4v) is 1.18. The van der Waals surface area contributed by atoms with Crippen molar-refractivity contribution in [1.82, 2.24) is 5.32 Å². The van der Waals surface area contributed by atoms with Crippen molar-refractivity contribution in [2.24, 2.45) is 9.98 Å². The molecule has 0 aromatic heterocycles. The van der Waals surface area contributed by atoms with Gasteiger partial charge in [-0.3, -0.25) is 4.79 Å². The summed E-state index contributed by atoms with van der Waals surface area (Å²) < 4.78 is 0. The third kappa shape index (κ3) is 4.63. The predicted molar refractivity (Wildman–Crippen MR) is 63.0 cm³/mol. The molecule has 1 heterocycles. The minimum absolute atomic E-state index is 0.174. The number of aliphatic imine (C=N–C) groups is 2. The zero-order valence-electron chi connectivity index (χ0n) is 9.27. The van der Waals surface area contributed by atoms with Gasteiger partial charge in [0.25, 0.3) is 0 Å². The first kappa shape index (κ1) is 12.3. The van der Waals surface area contributed by atoms with Gasteiger partial charge in [0, 0.05) is 12.6 Å². The number of hydrogen-bond donors (Lipinski definition) is 1. The molecule has 0 atom stereocenters. The minimum atomic E-state index is -0.525. The van der Waals surface area contributed by atoms with E-state index >= 15 is 0 Å². The van der Waals surface area contributed by atoms with Crippen LogP contribution < -0.4 is 5.32 Å². The molecule has 0 fully saturated rings. The van der Waals surface area contributed by atoms with Crippen molar-refractivity contribution >= 4 is 23.9 Å².